The Labute approximate surface area is 197 Å². The van der Waals surface area contributed by atoms with Crippen molar-refractivity contribution in [3.63, 3.8) is 0 Å². The van der Waals surface area contributed by atoms with Crippen LogP contribution in [0.15, 0.2) is 24.3 Å². The monoisotopic (exact) mass is 503 g/mol. The Balaban J connectivity index is 1.62. The van der Waals surface area contributed by atoms with Crippen molar-refractivity contribution >= 4 is 35.5 Å². The molecule has 3 amide bonds. The number of hydrogen-bond donors (Lipinski definition) is 2. The first-order chi connectivity index (χ1) is 16.1. The fraction of sp³-hybridized carbons (Fsp3) is 0.524. The van der Waals surface area contributed by atoms with Crippen molar-refractivity contribution in [2.24, 2.45) is 0 Å². The molecule has 13 heteroatoms. The molecule has 3 rings (SSSR count). The van der Waals surface area contributed by atoms with Gasteiger partial charge in [0.2, 0.25) is 18.1 Å². The summed E-state index contributed by atoms with van der Waals surface area (Å²) in [5.74, 6) is -1.68. The lowest BCUT2D eigenvalue weighted by Crippen LogP contribution is -2.52. The number of esters is 1. The molecular weight excluding hydrogens is 479 g/mol. The molecular formula is C21H24F3N3O6S. The number of carbonyl (C=O) groups is 4. The van der Waals surface area contributed by atoms with E-state index in [1.807, 2.05) is 0 Å². The lowest BCUT2D eigenvalue weighted by molar-refractivity contribution is -0.164. The molecule has 2 saturated heterocycles. The lowest BCUT2D eigenvalue weighted by Gasteiger charge is -2.25. The number of nitrogens with one attached hydrogen (secondary N) is 2. The summed E-state index contributed by atoms with van der Waals surface area (Å²) in [6.45, 7) is 1.91. The van der Waals surface area contributed by atoms with Gasteiger partial charge in [-0.3, -0.25) is 19.2 Å². The summed E-state index contributed by atoms with van der Waals surface area (Å²) < 4.78 is 49.1. The number of halogens is 3. The molecule has 2 aliphatic rings. The third-order valence-corrected chi connectivity index (χ3v) is 6.17. The zero-order valence-electron chi connectivity index (χ0n) is 18.2. The summed E-state index contributed by atoms with van der Waals surface area (Å²) in [7, 11) is 0. The third-order valence-electron chi connectivity index (χ3n) is 5.13. The Bertz CT molecular complexity index is 945. The van der Waals surface area contributed by atoms with E-state index >= 15 is 0 Å². The number of cyclic esters (lactones) is 1. The molecule has 0 aliphatic carbocycles. The fourth-order valence-electron chi connectivity index (χ4n) is 3.51. The summed E-state index contributed by atoms with van der Waals surface area (Å²) in [4.78, 5) is 50.8. The van der Waals surface area contributed by atoms with Crippen LogP contribution in [0.25, 0.3) is 0 Å². The van der Waals surface area contributed by atoms with Crippen LogP contribution < -0.4 is 10.6 Å². The summed E-state index contributed by atoms with van der Waals surface area (Å²) in [6, 6.07) is 2.20. The number of carbonyl (C=O) groups excluding carboxylic acids is 4. The largest absolute Gasteiger partial charge is 0.433 e. The maximum atomic E-state index is 13.0. The number of nitrogens with zero attached hydrogens (tertiary/aromatic N) is 1. The minimum atomic E-state index is -4.61. The quantitative estimate of drug-likeness (QED) is 0.537. The van der Waals surface area contributed by atoms with Gasteiger partial charge in [-0.1, -0.05) is 6.07 Å². The smallest absolute Gasteiger partial charge is 0.416 e. The predicted molar refractivity (Wildman–Crippen MR) is 115 cm³/mol. The Morgan fingerprint density at radius 2 is 2.03 bits per heavy atom. The summed E-state index contributed by atoms with van der Waals surface area (Å²) in [5.41, 5.74) is -1.20. The summed E-state index contributed by atoms with van der Waals surface area (Å²) in [6.07, 6.45) is -5.57. The SMILES string of the molecule is CCOC1OC(=O)CC1NC(=O)CN1CCSCC(NC(=O)c2cccc(C(F)(F)F)c2)C1=O. The van der Waals surface area contributed by atoms with E-state index < -0.39 is 53.8 Å². The maximum absolute atomic E-state index is 13.0. The highest BCUT2D eigenvalue weighted by atomic mass is 32.2. The summed E-state index contributed by atoms with van der Waals surface area (Å²) >= 11 is 1.37. The van der Waals surface area contributed by atoms with Gasteiger partial charge in [0, 0.05) is 30.2 Å². The maximum Gasteiger partial charge on any atom is 0.416 e. The first-order valence-corrected chi connectivity index (χ1v) is 11.7. The number of thioether (sulfide) groups is 1. The second-order valence-electron chi connectivity index (χ2n) is 7.63. The Morgan fingerprint density at radius 1 is 1.26 bits per heavy atom. The first kappa shape index (κ1) is 25.8. The number of amides is 3. The second-order valence-corrected chi connectivity index (χ2v) is 8.78. The van der Waals surface area contributed by atoms with Crippen LogP contribution in [0.1, 0.15) is 29.3 Å². The van der Waals surface area contributed by atoms with Crippen LogP contribution in [-0.4, -0.2) is 78.2 Å². The molecule has 0 radical (unpaired) electrons. The van der Waals surface area contributed by atoms with E-state index in [1.165, 1.54) is 22.7 Å². The molecule has 0 saturated carbocycles. The van der Waals surface area contributed by atoms with E-state index in [4.69, 9.17) is 9.47 Å². The van der Waals surface area contributed by atoms with E-state index in [0.29, 0.717) is 11.8 Å². The van der Waals surface area contributed by atoms with Gasteiger partial charge in [-0.05, 0) is 25.1 Å². The van der Waals surface area contributed by atoms with Crippen molar-refractivity contribution in [1.29, 1.82) is 0 Å². The molecule has 2 N–H and O–H groups in total. The van der Waals surface area contributed by atoms with E-state index in [0.717, 1.165) is 12.1 Å². The minimum absolute atomic E-state index is 0.0596. The zero-order valence-corrected chi connectivity index (χ0v) is 19.0. The molecule has 186 valence electrons. The Hall–Kier alpha value is -2.80. The molecule has 1 aromatic carbocycles. The molecule has 1 aromatic rings. The number of benzene rings is 1. The van der Waals surface area contributed by atoms with Crippen LogP contribution in [0.2, 0.25) is 0 Å². The molecule has 3 unspecified atom stereocenters. The van der Waals surface area contributed by atoms with Crippen LogP contribution in [0.5, 0.6) is 0 Å². The summed E-state index contributed by atoms with van der Waals surface area (Å²) in [5, 5.41) is 5.10. The van der Waals surface area contributed by atoms with Gasteiger partial charge in [0.15, 0.2) is 0 Å². The van der Waals surface area contributed by atoms with Gasteiger partial charge >= 0.3 is 12.1 Å². The van der Waals surface area contributed by atoms with E-state index in [2.05, 4.69) is 10.6 Å². The van der Waals surface area contributed by atoms with Gasteiger partial charge in [-0.2, -0.15) is 24.9 Å². The van der Waals surface area contributed by atoms with Gasteiger partial charge in [-0.25, -0.2) is 0 Å². The lowest BCUT2D eigenvalue weighted by atomic mass is 10.1. The molecule has 2 aliphatic heterocycles. The van der Waals surface area contributed by atoms with Crippen LogP contribution in [0.4, 0.5) is 13.2 Å². The van der Waals surface area contributed by atoms with Crippen molar-refractivity contribution in [2.75, 3.05) is 31.2 Å². The predicted octanol–water partition coefficient (Wildman–Crippen LogP) is 1.17. The average Bonchev–Trinajstić information content (AvgIpc) is 3.02. The normalized spacial score (nSPS) is 23.3. The van der Waals surface area contributed by atoms with Gasteiger partial charge in [-0.15, -0.1) is 0 Å². The van der Waals surface area contributed by atoms with Crippen LogP contribution in [0, 0.1) is 0 Å². The van der Waals surface area contributed by atoms with Gasteiger partial charge in [0.25, 0.3) is 5.91 Å². The molecule has 2 heterocycles. The van der Waals surface area contributed by atoms with Crippen molar-refractivity contribution < 1.29 is 41.8 Å². The number of rotatable bonds is 7. The topological polar surface area (TPSA) is 114 Å². The third kappa shape index (κ3) is 6.63. The van der Waals surface area contributed by atoms with E-state index in [9.17, 15) is 32.3 Å². The highest BCUT2D eigenvalue weighted by Crippen LogP contribution is 2.29. The van der Waals surface area contributed by atoms with Crippen LogP contribution >= 0.6 is 11.8 Å². The Kier molecular flexibility index (Phi) is 8.42. The van der Waals surface area contributed by atoms with Crippen molar-refractivity contribution in [1.82, 2.24) is 15.5 Å². The van der Waals surface area contributed by atoms with E-state index in [-0.39, 0.29) is 37.4 Å². The van der Waals surface area contributed by atoms with Crippen molar-refractivity contribution in [2.45, 2.75) is 37.9 Å². The molecule has 2 fully saturated rings. The van der Waals surface area contributed by atoms with Gasteiger partial charge < -0.3 is 25.0 Å². The number of hydrogen-bond acceptors (Lipinski definition) is 7. The molecule has 9 nitrogen and oxygen atoms in total. The molecule has 0 aromatic heterocycles. The van der Waals surface area contributed by atoms with Gasteiger partial charge in [0.05, 0.1) is 18.5 Å². The van der Waals surface area contributed by atoms with Crippen LogP contribution in [-0.2, 0) is 30.0 Å². The zero-order chi connectivity index (χ0) is 24.9. The highest BCUT2D eigenvalue weighted by molar-refractivity contribution is 7.99. The number of alkyl halides is 3. The molecule has 0 bridgehead atoms. The molecule has 0 spiro atoms. The Morgan fingerprint density at radius 3 is 2.74 bits per heavy atom. The van der Waals surface area contributed by atoms with Crippen molar-refractivity contribution in [3.8, 4) is 0 Å². The standard InChI is InChI=1S/C21H24F3N3O6S/c1-2-32-20-14(9-17(29)33-20)25-16(28)10-27-6-7-34-11-15(19(27)31)26-18(30)12-4-3-5-13(8-12)21(22,23)24/h3-5,8,14-15,20H,2,6-7,9-11H2,1H3,(H,25,28)(H,26,30). The van der Waals surface area contributed by atoms with E-state index in [1.54, 1.807) is 6.92 Å². The molecule has 3 atom stereocenters. The minimum Gasteiger partial charge on any atom is -0.433 e. The van der Waals surface area contributed by atoms with Gasteiger partial charge in [0.1, 0.15) is 12.1 Å². The average molecular weight is 503 g/mol. The molecule has 34 heavy (non-hydrogen) atoms. The van der Waals surface area contributed by atoms with Crippen LogP contribution in [0.3, 0.4) is 0 Å². The highest BCUT2D eigenvalue weighted by Gasteiger charge is 2.37. The fourth-order valence-corrected chi connectivity index (χ4v) is 4.49. The van der Waals surface area contributed by atoms with Crippen molar-refractivity contribution in [3.05, 3.63) is 35.4 Å². The first-order valence-electron chi connectivity index (χ1n) is 10.5. The number of ether oxygens (including phenoxy) is 2. The second kappa shape index (κ2) is 11.1.